The molecule has 2 heterocycles. The van der Waals surface area contributed by atoms with Gasteiger partial charge in [-0.1, -0.05) is 48.1 Å². The number of aryl methyl sites for hydroxylation is 2. The molecule has 1 atom stereocenters. The number of aliphatic hydroxyl groups is 1. The van der Waals surface area contributed by atoms with Crippen LogP contribution >= 0.6 is 11.3 Å². The lowest BCUT2D eigenvalue weighted by Crippen LogP contribution is -2.29. The molecular formula is C28H28N2O6S. The number of ketones is 1. The topological polar surface area (TPSA) is 106 Å². The monoisotopic (exact) mass is 520 g/mol. The summed E-state index contributed by atoms with van der Waals surface area (Å²) in [6, 6.07) is 13.1. The number of amides is 1. The Kier molecular flexibility index (Phi) is 7.73. The molecule has 1 saturated heterocycles. The summed E-state index contributed by atoms with van der Waals surface area (Å²) in [6.07, 6.45) is 0.857. The first-order valence-electron chi connectivity index (χ1n) is 12.0. The summed E-state index contributed by atoms with van der Waals surface area (Å²) in [6.45, 7) is 8.04. The molecular weight excluding hydrogens is 492 g/mol. The Balaban J connectivity index is 1.84. The highest BCUT2D eigenvalue weighted by Gasteiger charge is 2.48. The highest BCUT2D eigenvalue weighted by molar-refractivity contribution is 7.17. The van der Waals surface area contributed by atoms with Crippen molar-refractivity contribution in [1.29, 1.82) is 0 Å². The number of ether oxygens (including phenoxy) is 2. The van der Waals surface area contributed by atoms with Crippen molar-refractivity contribution in [2.45, 2.75) is 40.2 Å². The number of thiazole rings is 1. The van der Waals surface area contributed by atoms with E-state index in [9.17, 15) is 19.5 Å². The Morgan fingerprint density at radius 3 is 2.35 bits per heavy atom. The van der Waals surface area contributed by atoms with Crippen molar-refractivity contribution in [2.24, 2.45) is 0 Å². The minimum absolute atomic E-state index is 0.0541. The van der Waals surface area contributed by atoms with Gasteiger partial charge in [0.15, 0.2) is 5.13 Å². The Hall–Kier alpha value is -3.98. The summed E-state index contributed by atoms with van der Waals surface area (Å²) < 4.78 is 10.7. The Bertz CT molecular complexity index is 1360. The predicted octanol–water partition coefficient (Wildman–Crippen LogP) is 5.35. The van der Waals surface area contributed by atoms with Crippen molar-refractivity contribution < 1.29 is 29.0 Å². The summed E-state index contributed by atoms with van der Waals surface area (Å²) in [7, 11) is 0. The molecule has 1 fully saturated rings. The number of hydrogen-bond acceptors (Lipinski definition) is 8. The Morgan fingerprint density at radius 1 is 1.05 bits per heavy atom. The highest BCUT2D eigenvalue weighted by Crippen LogP contribution is 2.44. The molecule has 1 N–H and O–H groups in total. The Labute approximate surface area is 219 Å². The van der Waals surface area contributed by atoms with Crippen molar-refractivity contribution in [3.8, 4) is 5.75 Å². The van der Waals surface area contributed by atoms with Gasteiger partial charge < -0.3 is 14.6 Å². The van der Waals surface area contributed by atoms with E-state index in [1.807, 2.05) is 26.0 Å². The molecule has 1 aliphatic heterocycles. The van der Waals surface area contributed by atoms with E-state index in [0.717, 1.165) is 23.3 Å². The molecule has 37 heavy (non-hydrogen) atoms. The van der Waals surface area contributed by atoms with Gasteiger partial charge in [-0.15, -0.1) is 0 Å². The number of nitrogens with zero attached hydrogens (tertiary/aromatic N) is 2. The zero-order chi connectivity index (χ0) is 26.7. The molecule has 0 aliphatic carbocycles. The van der Waals surface area contributed by atoms with Gasteiger partial charge >= 0.3 is 11.9 Å². The van der Waals surface area contributed by atoms with Gasteiger partial charge in [0.1, 0.15) is 16.4 Å². The molecule has 192 valence electrons. The normalized spacial score (nSPS) is 16.8. The summed E-state index contributed by atoms with van der Waals surface area (Å²) in [5.41, 5.74) is 2.34. The van der Waals surface area contributed by atoms with Crippen molar-refractivity contribution in [2.75, 3.05) is 18.1 Å². The third-order valence-corrected chi connectivity index (χ3v) is 7.03. The number of anilines is 1. The third-order valence-electron chi connectivity index (χ3n) is 5.89. The SMILES string of the molecule is CCCOc1ccc(C(O)=C2C(=O)C(=O)N(c3nc(C)c(C(=O)OCC)s3)[C@H]2c2ccc(C)cc2)cc1. The molecule has 1 aliphatic rings. The number of carbonyl (C=O) groups is 3. The third kappa shape index (κ3) is 5.13. The minimum Gasteiger partial charge on any atom is -0.507 e. The zero-order valence-corrected chi connectivity index (χ0v) is 21.9. The molecule has 1 amide bonds. The second kappa shape index (κ2) is 11.0. The molecule has 0 saturated carbocycles. The molecule has 4 rings (SSSR count). The number of aromatic nitrogens is 1. The summed E-state index contributed by atoms with van der Waals surface area (Å²) in [5.74, 6) is -1.87. The van der Waals surface area contributed by atoms with E-state index in [-0.39, 0.29) is 27.9 Å². The average Bonchev–Trinajstić information content (AvgIpc) is 3.40. The van der Waals surface area contributed by atoms with E-state index in [2.05, 4.69) is 4.98 Å². The standard InChI is InChI=1S/C28H28N2O6S/c1-5-15-36-20-13-11-19(12-14-20)23(31)21-22(18-9-7-16(3)8-10-18)30(26(33)24(21)32)28-29-17(4)25(37-28)27(34)35-6-2/h7-14,22,31H,5-6,15H2,1-4H3/t22-/m0/s1. The fraction of sp³-hybridized carbons (Fsp3) is 0.286. The number of rotatable bonds is 8. The number of benzene rings is 2. The van der Waals surface area contributed by atoms with Crippen LogP contribution in [0.5, 0.6) is 5.75 Å². The van der Waals surface area contributed by atoms with E-state index in [4.69, 9.17) is 9.47 Å². The lowest BCUT2D eigenvalue weighted by Gasteiger charge is -2.23. The lowest BCUT2D eigenvalue weighted by molar-refractivity contribution is -0.132. The number of Topliss-reactive ketones (excluding diaryl/α,β-unsaturated/α-hetero) is 1. The van der Waals surface area contributed by atoms with Crippen LogP contribution in [-0.2, 0) is 14.3 Å². The van der Waals surface area contributed by atoms with E-state index in [1.54, 1.807) is 50.2 Å². The van der Waals surface area contributed by atoms with E-state index in [1.165, 1.54) is 4.90 Å². The fourth-order valence-electron chi connectivity index (χ4n) is 4.05. The molecule has 9 heteroatoms. The van der Waals surface area contributed by atoms with E-state index < -0.39 is 23.7 Å². The maximum absolute atomic E-state index is 13.4. The van der Waals surface area contributed by atoms with Gasteiger partial charge in [-0.3, -0.25) is 14.5 Å². The maximum Gasteiger partial charge on any atom is 0.350 e. The Morgan fingerprint density at radius 2 is 1.73 bits per heavy atom. The van der Waals surface area contributed by atoms with Crippen molar-refractivity contribution >= 4 is 39.9 Å². The fourth-order valence-corrected chi connectivity index (χ4v) is 5.04. The second-order valence-corrected chi connectivity index (χ2v) is 9.56. The predicted molar refractivity (Wildman–Crippen MR) is 141 cm³/mol. The molecule has 3 aromatic rings. The smallest absolute Gasteiger partial charge is 0.350 e. The summed E-state index contributed by atoms with van der Waals surface area (Å²) in [5, 5.41) is 11.5. The molecule has 2 aromatic carbocycles. The lowest BCUT2D eigenvalue weighted by atomic mass is 9.95. The van der Waals surface area contributed by atoms with Gasteiger partial charge in [0.2, 0.25) is 0 Å². The first-order chi connectivity index (χ1) is 17.8. The van der Waals surface area contributed by atoms with Gasteiger partial charge in [-0.05, 0) is 57.0 Å². The van der Waals surface area contributed by atoms with Gasteiger partial charge in [-0.25, -0.2) is 9.78 Å². The number of carbonyl (C=O) groups excluding carboxylic acids is 3. The number of esters is 1. The van der Waals surface area contributed by atoms with Gasteiger partial charge in [-0.2, -0.15) is 0 Å². The average molecular weight is 521 g/mol. The number of aliphatic hydroxyl groups excluding tert-OH is 1. The van der Waals surface area contributed by atoms with E-state index in [0.29, 0.717) is 29.2 Å². The second-order valence-electron chi connectivity index (χ2n) is 8.58. The van der Waals surface area contributed by atoms with Crippen molar-refractivity contribution in [3.63, 3.8) is 0 Å². The minimum atomic E-state index is -0.933. The summed E-state index contributed by atoms with van der Waals surface area (Å²) in [4.78, 5) is 45.0. The first-order valence-corrected chi connectivity index (χ1v) is 12.8. The quantitative estimate of drug-likeness (QED) is 0.185. The van der Waals surface area contributed by atoms with Crippen LogP contribution in [0.25, 0.3) is 5.76 Å². The van der Waals surface area contributed by atoms with Gasteiger partial charge in [0, 0.05) is 5.56 Å². The van der Waals surface area contributed by atoms with Crippen LogP contribution in [0.15, 0.2) is 54.1 Å². The highest BCUT2D eigenvalue weighted by atomic mass is 32.1. The molecule has 0 radical (unpaired) electrons. The van der Waals surface area contributed by atoms with Crippen LogP contribution in [0.2, 0.25) is 0 Å². The largest absolute Gasteiger partial charge is 0.507 e. The summed E-state index contributed by atoms with van der Waals surface area (Å²) >= 11 is 0.978. The van der Waals surface area contributed by atoms with Crippen LogP contribution < -0.4 is 9.64 Å². The van der Waals surface area contributed by atoms with Crippen LogP contribution in [0.1, 0.15) is 58.4 Å². The zero-order valence-electron chi connectivity index (χ0n) is 21.1. The molecule has 8 nitrogen and oxygen atoms in total. The van der Waals surface area contributed by atoms with E-state index >= 15 is 0 Å². The maximum atomic E-state index is 13.4. The van der Waals surface area contributed by atoms with Gasteiger partial charge in [0.05, 0.1) is 30.5 Å². The van der Waals surface area contributed by atoms with Crippen LogP contribution in [0.4, 0.5) is 5.13 Å². The molecule has 0 unspecified atom stereocenters. The number of hydrogen-bond donors (Lipinski definition) is 1. The van der Waals surface area contributed by atoms with Crippen molar-refractivity contribution in [1.82, 2.24) is 4.98 Å². The molecule has 0 bridgehead atoms. The van der Waals surface area contributed by atoms with Crippen LogP contribution in [-0.4, -0.2) is 41.0 Å². The van der Waals surface area contributed by atoms with Crippen LogP contribution in [0.3, 0.4) is 0 Å². The molecule has 0 spiro atoms. The van der Waals surface area contributed by atoms with Crippen molar-refractivity contribution in [3.05, 3.63) is 81.4 Å². The van der Waals surface area contributed by atoms with Crippen LogP contribution in [0, 0.1) is 13.8 Å². The molecule has 1 aromatic heterocycles. The van der Waals surface area contributed by atoms with Gasteiger partial charge in [0.25, 0.3) is 5.78 Å². The first kappa shape index (κ1) is 26.1.